The number of amides is 3. The van der Waals surface area contributed by atoms with E-state index >= 15 is 0 Å². The summed E-state index contributed by atoms with van der Waals surface area (Å²) in [5, 5.41) is 13.6. The minimum atomic E-state index is -0.857. The second-order valence-corrected chi connectivity index (χ2v) is 5.59. The molecule has 0 spiro atoms. The molecule has 3 amide bonds. The molecule has 1 atom stereocenters. The lowest BCUT2D eigenvalue weighted by Gasteiger charge is -2.21. The molecule has 0 aliphatic rings. The Morgan fingerprint density at radius 3 is 2.57 bits per heavy atom. The fourth-order valence-electron chi connectivity index (χ4n) is 1.48. The number of nitrogens with zero attached hydrogens (tertiary/aromatic N) is 1. The minimum Gasteiger partial charge on any atom is -0.481 e. The number of ether oxygens (including phenoxy) is 1. The molecule has 0 heterocycles. The van der Waals surface area contributed by atoms with E-state index in [-0.39, 0.29) is 0 Å². The predicted octanol–water partition coefficient (Wildman–Crippen LogP) is 1.95. The molecule has 1 unspecified atom stereocenters. The Morgan fingerprint density at radius 2 is 2.00 bits per heavy atom. The highest BCUT2D eigenvalue weighted by atomic mass is 16.5. The fraction of sp³-hybridized carbons (Fsp3) is 0.400. The molecule has 0 radical (unpaired) electrons. The van der Waals surface area contributed by atoms with Gasteiger partial charge in [-0.2, -0.15) is 5.26 Å². The first kappa shape index (κ1) is 16.5. The molecule has 0 saturated carbocycles. The average Bonchev–Trinajstić information content (AvgIpc) is 2.36. The molecule has 0 saturated heterocycles. The van der Waals surface area contributed by atoms with Crippen LogP contribution in [0.2, 0.25) is 0 Å². The lowest BCUT2D eigenvalue weighted by molar-refractivity contribution is -0.126. The van der Waals surface area contributed by atoms with Crippen LogP contribution in [-0.4, -0.2) is 23.6 Å². The molecule has 6 heteroatoms. The van der Waals surface area contributed by atoms with E-state index in [1.807, 2.05) is 26.8 Å². The van der Waals surface area contributed by atoms with Crippen LogP contribution < -0.4 is 15.4 Å². The first-order valence-electron chi connectivity index (χ1n) is 6.51. The predicted molar refractivity (Wildman–Crippen MR) is 77.7 cm³/mol. The van der Waals surface area contributed by atoms with Gasteiger partial charge < -0.3 is 10.1 Å². The number of imide groups is 1. The summed E-state index contributed by atoms with van der Waals surface area (Å²) in [4.78, 5) is 23.4. The van der Waals surface area contributed by atoms with Crippen LogP contribution in [0.5, 0.6) is 5.75 Å². The summed E-state index contributed by atoms with van der Waals surface area (Å²) in [5.41, 5.74) is 0.000791. The quantitative estimate of drug-likeness (QED) is 0.889. The van der Waals surface area contributed by atoms with E-state index in [1.54, 1.807) is 18.2 Å². The van der Waals surface area contributed by atoms with E-state index in [9.17, 15) is 9.59 Å². The summed E-state index contributed by atoms with van der Waals surface area (Å²) in [7, 11) is 0. The van der Waals surface area contributed by atoms with Gasteiger partial charge in [-0.05, 0) is 45.9 Å². The van der Waals surface area contributed by atoms with Gasteiger partial charge in [-0.3, -0.25) is 10.1 Å². The second kappa shape index (κ2) is 6.75. The normalized spacial score (nSPS) is 12.0. The molecule has 1 aromatic carbocycles. The van der Waals surface area contributed by atoms with Gasteiger partial charge in [-0.15, -0.1) is 0 Å². The highest BCUT2D eigenvalue weighted by molar-refractivity contribution is 5.96. The van der Waals surface area contributed by atoms with Crippen LogP contribution in [0.4, 0.5) is 4.79 Å². The molecule has 0 aliphatic carbocycles. The molecule has 0 aromatic heterocycles. The molecule has 0 fully saturated rings. The van der Waals surface area contributed by atoms with Crippen molar-refractivity contribution in [1.29, 1.82) is 5.26 Å². The van der Waals surface area contributed by atoms with Crippen LogP contribution in [0.3, 0.4) is 0 Å². The Labute approximate surface area is 124 Å². The molecule has 1 aromatic rings. The van der Waals surface area contributed by atoms with Crippen molar-refractivity contribution in [3.63, 3.8) is 0 Å². The second-order valence-electron chi connectivity index (χ2n) is 5.59. The summed E-state index contributed by atoms with van der Waals surface area (Å²) < 4.78 is 5.41. The molecule has 1 rings (SSSR count). The Hall–Kier alpha value is -2.55. The summed E-state index contributed by atoms with van der Waals surface area (Å²) >= 11 is 0. The van der Waals surface area contributed by atoms with Crippen LogP contribution in [0.15, 0.2) is 24.3 Å². The van der Waals surface area contributed by atoms with Gasteiger partial charge >= 0.3 is 6.03 Å². The smallest absolute Gasteiger partial charge is 0.321 e. The van der Waals surface area contributed by atoms with Crippen molar-refractivity contribution in [2.75, 3.05) is 0 Å². The maximum atomic E-state index is 11.8. The summed E-state index contributed by atoms with van der Waals surface area (Å²) in [6.07, 6.45) is -0.857. The monoisotopic (exact) mass is 289 g/mol. The van der Waals surface area contributed by atoms with Crippen LogP contribution >= 0.6 is 0 Å². The molecule has 21 heavy (non-hydrogen) atoms. The van der Waals surface area contributed by atoms with Crippen LogP contribution in [-0.2, 0) is 4.79 Å². The topological polar surface area (TPSA) is 91.2 Å². The zero-order chi connectivity index (χ0) is 16.0. The van der Waals surface area contributed by atoms with Gasteiger partial charge in [0.15, 0.2) is 6.10 Å². The number of nitriles is 1. The van der Waals surface area contributed by atoms with Crippen LogP contribution in [0.25, 0.3) is 0 Å². The van der Waals surface area contributed by atoms with E-state index < -0.39 is 23.6 Å². The Kier molecular flexibility index (Phi) is 5.30. The van der Waals surface area contributed by atoms with E-state index in [0.29, 0.717) is 11.3 Å². The molecular formula is C15H19N3O3. The van der Waals surface area contributed by atoms with Crippen molar-refractivity contribution < 1.29 is 14.3 Å². The van der Waals surface area contributed by atoms with Gasteiger partial charge in [0.05, 0.1) is 11.6 Å². The summed E-state index contributed by atoms with van der Waals surface area (Å²) in [5.74, 6) is -0.160. The van der Waals surface area contributed by atoms with Crippen molar-refractivity contribution in [3.05, 3.63) is 29.8 Å². The Bertz CT molecular complexity index is 570. The molecule has 6 nitrogen and oxygen atoms in total. The summed E-state index contributed by atoms with van der Waals surface area (Å²) in [6, 6.07) is 7.86. The van der Waals surface area contributed by atoms with E-state index in [0.717, 1.165) is 0 Å². The number of urea groups is 1. The SMILES string of the molecule is CC(Oc1cccc(C#N)c1)C(=O)NC(=O)NC(C)(C)C. The third kappa shape index (κ3) is 5.95. The molecule has 0 bridgehead atoms. The lowest BCUT2D eigenvalue weighted by Crippen LogP contribution is -2.50. The van der Waals surface area contributed by atoms with Gasteiger partial charge in [0.1, 0.15) is 5.75 Å². The van der Waals surface area contributed by atoms with Crippen LogP contribution in [0.1, 0.15) is 33.3 Å². The highest BCUT2D eigenvalue weighted by Gasteiger charge is 2.20. The maximum absolute atomic E-state index is 11.8. The number of benzene rings is 1. The average molecular weight is 289 g/mol. The number of carbonyl (C=O) groups is 2. The number of carbonyl (C=O) groups excluding carboxylic acids is 2. The highest BCUT2D eigenvalue weighted by Crippen LogP contribution is 2.14. The largest absolute Gasteiger partial charge is 0.481 e. The Balaban J connectivity index is 2.59. The van der Waals surface area contributed by atoms with Gasteiger partial charge in [0, 0.05) is 5.54 Å². The number of hydrogen-bond acceptors (Lipinski definition) is 4. The first-order valence-corrected chi connectivity index (χ1v) is 6.51. The summed E-state index contributed by atoms with van der Waals surface area (Å²) in [6.45, 7) is 6.96. The number of hydrogen-bond donors (Lipinski definition) is 2. The Morgan fingerprint density at radius 1 is 1.33 bits per heavy atom. The zero-order valence-corrected chi connectivity index (χ0v) is 12.6. The van der Waals surface area contributed by atoms with Crippen molar-refractivity contribution in [3.8, 4) is 11.8 Å². The minimum absolute atomic E-state index is 0.396. The van der Waals surface area contributed by atoms with Crippen molar-refractivity contribution in [2.24, 2.45) is 0 Å². The van der Waals surface area contributed by atoms with Gasteiger partial charge in [0.2, 0.25) is 0 Å². The first-order chi connectivity index (χ1) is 9.71. The van der Waals surface area contributed by atoms with Crippen molar-refractivity contribution in [1.82, 2.24) is 10.6 Å². The number of rotatable bonds is 3. The van der Waals surface area contributed by atoms with Gasteiger partial charge in [0.25, 0.3) is 5.91 Å². The molecule has 112 valence electrons. The van der Waals surface area contributed by atoms with Crippen LogP contribution in [0, 0.1) is 11.3 Å². The fourth-order valence-corrected chi connectivity index (χ4v) is 1.48. The molecule has 2 N–H and O–H groups in total. The third-order valence-electron chi connectivity index (χ3n) is 2.37. The molecular weight excluding hydrogens is 270 g/mol. The van der Waals surface area contributed by atoms with E-state index in [2.05, 4.69) is 10.6 Å². The maximum Gasteiger partial charge on any atom is 0.321 e. The standard InChI is InChI=1S/C15H19N3O3/c1-10(13(19)17-14(20)18-15(2,3)4)21-12-7-5-6-11(8-12)9-16/h5-8,10H,1-4H3,(H2,17,18,19,20). The van der Waals surface area contributed by atoms with Crippen molar-refractivity contribution in [2.45, 2.75) is 39.3 Å². The number of nitrogens with one attached hydrogen (secondary N) is 2. The van der Waals surface area contributed by atoms with E-state index in [1.165, 1.54) is 13.0 Å². The van der Waals surface area contributed by atoms with E-state index in [4.69, 9.17) is 10.00 Å². The zero-order valence-electron chi connectivity index (χ0n) is 12.6. The van der Waals surface area contributed by atoms with Crippen molar-refractivity contribution >= 4 is 11.9 Å². The van der Waals surface area contributed by atoms with Gasteiger partial charge in [-0.1, -0.05) is 6.07 Å². The van der Waals surface area contributed by atoms with Gasteiger partial charge in [-0.25, -0.2) is 4.79 Å². The third-order valence-corrected chi connectivity index (χ3v) is 2.37. The lowest BCUT2D eigenvalue weighted by atomic mass is 10.1. The molecule has 0 aliphatic heterocycles.